The maximum atomic E-state index is 11.6. The lowest BCUT2D eigenvalue weighted by molar-refractivity contribution is -0.118. The average molecular weight is 258 g/mol. The van der Waals surface area contributed by atoms with Crippen molar-refractivity contribution >= 4 is 23.2 Å². The van der Waals surface area contributed by atoms with Gasteiger partial charge in [-0.2, -0.15) is 0 Å². The first-order chi connectivity index (χ1) is 9.19. The zero-order valence-corrected chi connectivity index (χ0v) is 10.5. The number of nitrogens with one attached hydrogen (secondary N) is 2. The summed E-state index contributed by atoms with van der Waals surface area (Å²) in [5.74, 6) is 0.159. The molecule has 2 amide bonds. The molecule has 98 valence electrons. The summed E-state index contributed by atoms with van der Waals surface area (Å²) in [5.41, 5.74) is 1.16. The summed E-state index contributed by atoms with van der Waals surface area (Å²) in [4.78, 5) is 22.8. The summed E-state index contributed by atoms with van der Waals surface area (Å²) >= 11 is 0. The minimum absolute atomic E-state index is 0.0186. The Balaban J connectivity index is 2.08. The first kappa shape index (κ1) is 12.9. The van der Waals surface area contributed by atoms with Gasteiger partial charge in [-0.1, -0.05) is 18.2 Å². The summed E-state index contributed by atoms with van der Waals surface area (Å²) in [7, 11) is 0. The van der Waals surface area contributed by atoms with Crippen LogP contribution in [0.25, 0.3) is 0 Å². The second-order valence-corrected chi connectivity index (χ2v) is 3.92. The van der Waals surface area contributed by atoms with Crippen molar-refractivity contribution in [3.63, 3.8) is 0 Å². The van der Waals surface area contributed by atoms with Gasteiger partial charge >= 0.3 is 0 Å². The van der Waals surface area contributed by atoms with Crippen molar-refractivity contribution in [2.45, 2.75) is 6.92 Å². The van der Waals surface area contributed by atoms with Crippen LogP contribution in [0.2, 0.25) is 0 Å². The maximum Gasteiger partial charge on any atom is 0.262 e. The topological polar surface area (TPSA) is 67.4 Å². The highest BCUT2D eigenvalue weighted by Gasteiger charge is 2.16. The Morgan fingerprint density at radius 1 is 1.42 bits per heavy atom. The SMILES string of the molecule is C/C=C/C=C/C(=O)Nc1ccc2c(c1)NC(=O)CO2. The van der Waals surface area contributed by atoms with E-state index < -0.39 is 0 Å². The van der Waals surface area contributed by atoms with Crippen LogP contribution in [0.4, 0.5) is 11.4 Å². The zero-order valence-electron chi connectivity index (χ0n) is 10.5. The van der Waals surface area contributed by atoms with Gasteiger partial charge in [0, 0.05) is 11.8 Å². The van der Waals surface area contributed by atoms with Crippen LogP contribution >= 0.6 is 0 Å². The fourth-order valence-corrected chi connectivity index (χ4v) is 1.60. The van der Waals surface area contributed by atoms with Crippen molar-refractivity contribution in [3.8, 4) is 5.75 Å². The van der Waals surface area contributed by atoms with Crippen LogP contribution in [0, 0.1) is 0 Å². The van der Waals surface area contributed by atoms with Crippen LogP contribution in [0.15, 0.2) is 42.5 Å². The van der Waals surface area contributed by atoms with Crippen molar-refractivity contribution in [1.29, 1.82) is 0 Å². The molecule has 5 nitrogen and oxygen atoms in total. The Morgan fingerprint density at radius 3 is 3.05 bits per heavy atom. The molecule has 0 unspecified atom stereocenters. The van der Waals surface area contributed by atoms with Gasteiger partial charge in [0.25, 0.3) is 5.91 Å². The number of hydrogen-bond donors (Lipinski definition) is 2. The monoisotopic (exact) mass is 258 g/mol. The molecule has 0 aliphatic carbocycles. The summed E-state index contributed by atoms with van der Waals surface area (Å²) in [6.07, 6.45) is 6.67. The van der Waals surface area contributed by atoms with E-state index in [9.17, 15) is 9.59 Å². The van der Waals surface area contributed by atoms with Gasteiger partial charge in [0.2, 0.25) is 5.91 Å². The van der Waals surface area contributed by atoms with E-state index in [1.165, 1.54) is 6.08 Å². The summed E-state index contributed by atoms with van der Waals surface area (Å²) in [6.45, 7) is 1.89. The Kier molecular flexibility index (Phi) is 3.97. The number of carbonyl (C=O) groups is 2. The lowest BCUT2D eigenvalue weighted by Crippen LogP contribution is -2.25. The van der Waals surface area contributed by atoms with Gasteiger partial charge in [0.15, 0.2) is 6.61 Å². The molecular weight excluding hydrogens is 244 g/mol. The molecule has 0 atom stereocenters. The van der Waals surface area contributed by atoms with Crippen LogP contribution in [0.5, 0.6) is 5.75 Å². The van der Waals surface area contributed by atoms with E-state index in [1.54, 1.807) is 30.4 Å². The second-order valence-electron chi connectivity index (χ2n) is 3.92. The largest absolute Gasteiger partial charge is 0.482 e. The molecule has 0 spiro atoms. The molecule has 1 aliphatic heterocycles. The molecule has 19 heavy (non-hydrogen) atoms. The molecule has 0 bridgehead atoms. The van der Waals surface area contributed by atoms with Crippen molar-refractivity contribution in [2.75, 3.05) is 17.2 Å². The van der Waals surface area contributed by atoms with Crippen LogP contribution in [-0.2, 0) is 9.59 Å². The second kappa shape index (κ2) is 5.86. The third kappa shape index (κ3) is 3.45. The molecule has 1 aromatic rings. The van der Waals surface area contributed by atoms with Gasteiger partial charge in [-0.25, -0.2) is 0 Å². The molecule has 0 aromatic heterocycles. The van der Waals surface area contributed by atoms with E-state index in [-0.39, 0.29) is 18.4 Å². The summed E-state index contributed by atoms with van der Waals surface area (Å²) in [5, 5.41) is 5.38. The molecule has 1 aromatic carbocycles. The Morgan fingerprint density at radius 2 is 2.26 bits per heavy atom. The molecule has 0 saturated carbocycles. The van der Waals surface area contributed by atoms with E-state index in [1.807, 2.05) is 13.0 Å². The van der Waals surface area contributed by atoms with E-state index in [0.717, 1.165) is 0 Å². The lowest BCUT2D eigenvalue weighted by atomic mass is 10.2. The average Bonchev–Trinajstić information content (AvgIpc) is 2.38. The third-order valence-electron chi connectivity index (χ3n) is 2.43. The van der Waals surface area contributed by atoms with Crippen molar-refractivity contribution in [3.05, 3.63) is 42.5 Å². The van der Waals surface area contributed by atoms with E-state index >= 15 is 0 Å². The highest BCUT2D eigenvalue weighted by molar-refractivity contribution is 6.01. The molecule has 1 aliphatic rings. The number of allylic oxidation sites excluding steroid dienone is 3. The van der Waals surface area contributed by atoms with Crippen LogP contribution < -0.4 is 15.4 Å². The van der Waals surface area contributed by atoms with Gasteiger partial charge < -0.3 is 15.4 Å². The van der Waals surface area contributed by atoms with Crippen molar-refractivity contribution in [2.24, 2.45) is 0 Å². The normalized spacial score (nSPS) is 14.1. The number of carbonyl (C=O) groups excluding carboxylic acids is 2. The Hall–Kier alpha value is -2.56. The number of hydrogen-bond acceptors (Lipinski definition) is 3. The van der Waals surface area contributed by atoms with Crippen LogP contribution in [0.1, 0.15) is 6.92 Å². The molecular formula is C14H14N2O3. The summed E-state index contributed by atoms with van der Waals surface area (Å²) in [6, 6.07) is 5.09. The van der Waals surface area contributed by atoms with Gasteiger partial charge in [-0.15, -0.1) is 0 Å². The smallest absolute Gasteiger partial charge is 0.262 e. The predicted molar refractivity (Wildman–Crippen MR) is 73.2 cm³/mol. The van der Waals surface area contributed by atoms with E-state index in [2.05, 4.69) is 10.6 Å². The maximum absolute atomic E-state index is 11.6. The number of benzene rings is 1. The number of rotatable bonds is 3. The van der Waals surface area contributed by atoms with Crippen molar-refractivity contribution < 1.29 is 14.3 Å². The molecule has 0 saturated heterocycles. The predicted octanol–water partition coefficient (Wildman–Crippen LogP) is 2.09. The highest BCUT2D eigenvalue weighted by atomic mass is 16.5. The first-order valence-corrected chi connectivity index (χ1v) is 5.86. The highest BCUT2D eigenvalue weighted by Crippen LogP contribution is 2.30. The van der Waals surface area contributed by atoms with Crippen molar-refractivity contribution in [1.82, 2.24) is 0 Å². The first-order valence-electron chi connectivity index (χ1n) is 5.86. The van der Waals surface area contributed by atoms with Crippen LogP contribution in [-0.4, -0.2) is 18.4 Å². The van der Waals surface area contributed by atoms with Gasteiger partial charge in [-0.3, -0.25) is 9.59 Å². The molecule has 0 radical (unpaired) electrons. The fraction of sp³-hybridized carbons (Fsp3) is 0.143. The van der Waals surface area contributed by atoms with Gasteiger partial charge in [-0.05, 0) is 25.1 Å². The minimum atomic E-state index is -0.235. The van der Waals surface area contributed by atoms with E-state index in [0.29, 0.717) is 17.1 Å². The molecule has 1 heterocycles. The number of amides is 2. The quantitative estimate of drug-likeness (QED) is 0.644. The molecule has 0 fully saturated rings. The Bertz CT molecular complexity index is 562. The number of fused-ring (bicyclic) bond motifs is 1. The fourth-order valence-electron chi connectivity index (χ4n) is 1.60. The Labute approximate surface area is 111 Å². The van der Waals surface area contributed by atoms with Gasteiger partial charge in [0.05, 0.1) is 5.69 Å². The van der Waals surface area contributed by atoms with Crippen LogP contribution in [0.3, 0.4) is 0 Å². The van der Waals surface area contributed by atoms with E-state index in [4.69, 9.17) is 4.74 Å². The third-order valence-corrected chi connectivity index (χ3v) is 2.43. The molecule has 2 N–H and O–H groups in total. The van der Waals surface area contributed by atoms with Gasteiger partial charge in [0.1, 0.15) is 5.75 Å². The minimum Gasteiger partial charge on any atom is -0.482 e. The lowest BCUT2D eigenvalue weighted by Gasteiger charge is -2.18. The number of anilines is 2. The molecule has 5 heteroatoms. The summed E-state index contributed by atoms with van der Waals surface area (Å²) < 4.78 is 5.23. The zero-order chi connectivity index (χ0) is 13.7. The number of ether oxygens (including phenoxy) is 1. The molecule has 2 rings (SSSR count). The standard InChI is InChI=1S/C14H14N2O3/c1-2-3-4-5-13(17)15-10-6-7-12-11(8-10)16-14(18)9-19-12/h2-8H,9H2,1H3,(H,15,17)(H,16,18)/b3-2+,5-4+.